The summed E-state index contributed by atoms with van der Waals surface area (Å²) in [6.07, 6.45) is 1.38. The molecule has 0 aliphatic rings. The molecule has 0 unspecified atom stereocenters. The molecular formula is C12H10ClN5O. The lowest BCUT2D eigenvalue weighted by Crippen LogP contribution is -2.16. The van der Waals surface area contributed by atoms with E-state index in [0.29, 0.717) is 10.8 Å². The van der Waals surface area contributed by atoms with Gasteiger partial charge in [-0.05, 0) is 18.2 Å². The zero-order valence-corrected chi connectivity index (χ0v) is 10.8. The molecule has 7 heteroatoms. The number of hydrogen-bond acceptors (Lipinski definition) is 4. The SMILES string of the molecule is Cn1ncc(C#N)c1NC(=O)c1ccc(Cl)cc1N. The predicted molar refractivity (Wildman–Crippen MR) is 71.7 cm³/mol. The summed E-state index contributed by atoms with van der Waals surface area (Å²) in [7, 11) is 1.63. The molecule has 19 heavy (non-hydrogen) atoms. The second-order valence-corrected chi connectivity index (χ2v) is 4.26. The monoisotopic (exact) mass is 275 g/mol. The van der Waals surface area contributed by atoms with Crippen LogP contribution in [0.4, 0.5) is 11.5 Å². The van der Waals surface area contributed by atoms with Gasteiger partial charge in [-0.3, -0.25) is 9.48 Å². The zero-order valence-electron chi connectivity index (χ0n) is 10.0. The van der Waals surface area contributed by atoms with Gasteiger partial charge in [-0.1, -0.05) is 11.6 Å². The van der Waals surface area contributed by atoms with E-state index in [1.807, 2.05) is 6.07 Å². The number of amides is 1. The number of anilines is 2. The van der Waals surface area contributed by atoms with Crippen LogP contribution in [0.15, 0.2) is 24.4 Å². The van der Waals surface area contributed by atoms with Gasteiger partial charge in [-0.2, -0.15) is 10.4 Å². The minimum Gasteiger partial charge on any atom is -0.398 e. The standard InChI is InChI=1S/C12H10ClN5O/c1-18-11(7(5-14)6-16-18)17-12(19)9-3-2-8(13)4-10(9)15/h2-4,6H,15H2,1H3,(H,17,19). The highest BCUT2D eigenvalue weighted by Gasteiger charge is 2.15. The Balaban J connectivity index is 2.31. The van der Waals surface area contributed by atoms with Crippen molar-refractivity contribution in [3.8, 4) is 6.07 Å². The molecule has 0 aliphatic heterocycles. The van der Waals surface area contributed by atoms with Crippen LogP contribution in [0.3, 0.4) is 0 Å². The van der Waals surface area contributed by atoms with Gasteiger partial charge in [0.25, 0.3) is 5.91 Å². The third-order valence-electron chi connectivity index (χ3n) is 2.55. The smallest absolute Gasteiger partial charge is 0.258 e. The molecule has 96 valence electrons. The number of nitrogens with one attached hydrogen (secondary N) is 1. The number of nitrogens with two attached hydrogens (primary N) is 1. The van der Waals surface area contributed by atoms with Gasteiger partial charge in [0.1, 0.15) is 17.5 Å². The van der Waals surface area contributed by atoms with E-state index < -0.39 is 5.91 Å². The minimum atomic E-state index is -0.422. The van der Waals surface area contributed by atoms with E-state index in [1.54, 1.807) is 13.1 Å². The first-order valence-corrected chi connectivity index (χ1v) is 5.69. The average molecular weight is 276 g/mol. The number of aromatic nitrogens is 2. The van der Waals surface area contributed by atoms with E-state index in [4.69, 9.17) is 22.6 Å². The summed E-state index contributed by atoms with van der Waals surface area (Å²) in [5.74, 6) is -0.101. The first kappa shape index (κ1) is 12.9. The van der Waals surface area contributed by atoms with Gasteiger partial charge in [0.05, 0.1) is 11.8 Å². The number of halogens is 1. The highest BCUT2D eigenvalue weighted by atomic mass is 35.5. The topological polar surface area (TPSA) is 96.7 Å². The lowest BCUT2D eigenvalue weighted by atomic mass is 10.1. The van der Waals surface area contributed by atoms with Gasteiger partial charge < -0.3 is 11.1 Å². The molecule has 2 aromatic rings. The van der Waals surface area contributed by atoms with Crippen LogP contribution in [0.1, 0.15) is 15.9 Å². The van der Waals surface area contributed by atoms with E-state index in [-0.39, 0.29) is 16.8 Å². The van der Waals surface area contributed by atoms with Crippen molar-refractivity contribution in [3.63, 3.8) is 0 Å². The molecule has 0 radical (unpaired) electrons. The van der Waals surface area contributed by atoms with Crippen molar-refractivity contribution in [2.45, 2.75) is 0 Å². The van der Waals surface area contributed by atoms with E-state index in [9.17, 15) is 4.79 Å². The lowest BCUT2D eigenvalue weighted by Gasteiger charge is -2.08. The molecule has 0 spiro atoms. The molecule has 1 amide bonds. The maximum absolute atomic E-state index is 12.1. The van der Waals surface area contributed by atoms with E-state index in [0.717, 1.165) is 0 Å². The Kier molecular flexibility index (Phi) is 3.40. The van der Waals surface area contributed by atoms with Crippen molar-refractivity contribution in [3.05, 3.63) is 40.5 Å². The van der Waals surface area contributed by atoms with Gasteiger partial charge in [-0.25, -0.2) is 0 Å². The number of nitrogens with zero attached hydrogens (tertiary/aromatic N) is 3. The fourth-order valence-electron chi connectivity index (χ4n) is 1.58. The van der Waals surface area contributed by atoms with Crippen molar-refractivity contribution < 1.29 is 4.79 Å². The van der Waals surface area contributed by atoms with Crippen LogP contribution < -0.4 is 11.1 Å². The normalized spacial score (nSPS) is 9.95. The number of carbonyl (C=O) groups is 1. The third-order valence-corrected chi connectivity index (χ3v) is 2.78. The van der Waals surface area contributed by atoms with E-state index in [1.165, 1.54) is 23.0 Å². The fraction of sp³-hybridized carbons (Fsp3) is 0.0833. The number of hydrogen-bond donors (Lipinski definition) is 2. The van der Waals surface area contributed by atoms with E-state index >= 15 is 0 Å². The molecule has 1 heterocycles. The van der Waals surface area contributed by atoms with Crippen molar-refractivity contribution in [2.75, 3.05) is 11.1 Å². The summed E-state index contributed by atoms with van der Waals surface area (Å²) in [4.78, 5) is 12.1. The summed E-state index contributed by atoms with van der Waals surface area (Å²) in [5, 5.41) is 15.9. The molecule has 0 saturated carbocycles. The Labute approximate surface area is 114 Å². The van der Waals surface area contributed by atoms with Crippen LogP contribution >= 0.6 is 11.6 Å². The molecule has 0 fully saturated rings. The predicted octanol–water partition coefficient (Wildman–Crippen LogP) is 1.78. The van der Waals surface area contributed by atoms with Crippen LogP contribution in [-0.4, -0.2) is 15.7 Å². The van der Waals surface area contributed by atoms with Gasteiger partial charge in [0, 0.05) is 17.8 Å². The van der Waals surface area contributed by atoms with Crippen molar-refractivity contribution in [1.82, 2.24) is 9.78 Å². The fourth-order valence-corrected chi connectivity index (χ4v) is 1.76. The molecule has 3 N–H and O–H groups in total. The van der Waals surface area contributed by atoms with Gasteiger partial charge in [-0.15, -0.1) is 0 Å². The van der Waals surface area contributed by atoms with E-state index in [2.05, 4.69) is 10.4 Å². The zero-order chi connectivity index (χ0) is 14.0. The Morgan fingerprint density at radius 1 is 1.58 bits per heavy atom. The summed E-state index contributed by atoms with van der Waals surface area (Å²) < 4.78 is 1.41. The number of rotatable bonds is 2. The van der Waals surface area contributed by atoms with Crippen LogP contribution in [0.25, 0.3) is 0 Å². The number of aryl methyl sites for hydroxylation is 1. The molecule has 0 aliphatic carbocycles. The lowest BCUT2D eigenvalue weighted by molar-refractivity contribution is 0.102. The summed E-state index contributed by atoms with van der Waals surface area (Å²) >= 11 is 5.77. The van der Waals surface area contributed by atoms with Crippen LogP contribution in [0.5, 0.6) is 0 Å². The second-order valence-electron chi connectivity index (χ2n) is 3.83. The Morgan fingerprint density at radius 2 is 2.32 bits per heavy atom. The second kappa shape index (κ2) is 5.00. The van der Waals surface area contributed by atoms with Crippen LogP contribution in [0, 0.1) is 11.3 Å². The minimum absolute atomic E-state index is 0.269. The van der Waals surface area contributed by atoms with Crippen molar-refractivity contribution >= 4 is 29.0 Å². The number of nitrogen functional groups attached to an aromatic ring is 1. The average Bonchev–Trinajstić information content (AvgIpc) is 2.70. The van der Waals surface area contributed by atoms with Gasteiger partial charge in [0.15, 0.2) is 0 Å². The molecule has 1 aromatic heterocycles. The quantitative estimate of drug-likeness (QED) is 0.817. The van der Waals surface area contributed by atoms with Gasteiger partial charge in [0.2, 0.25) is 0 Å². The van der Waals surface area contributed by atoms with Crippen molar-refractivity contribution in [2.24, 2.45) is 7.05 Å². The summed E-state index contributed by atoms with van der Waals surface area (Å²) in [6, 6.07) is 6.53. The number of benzene rings is 1. The van der Waals surface area contributed by atoms with Crippen LogP contribution in [0.2, 0.25) is 5.02 Å². The first-order chi connectivity index (χ1) is 9.02. The largest absolute Gasteiger partial charge is 0.398 e. The maximum Gasteiger partial charge on any atom is 0.258 e. The maximum atomic E-state index is 12.1. The molecule has 0 atom stereocenters. The Bertz CT molecular complexity index is 686. The van der Waals surface area contributed by atoms with Crippen LogP contribution in [-0.2, 0) is 7.05 Å². The summed E-state index contributed by atoms with van der Waals surface area (Å²) in [6.45, 7) is 0. The Morgan fingerprint density at radius 3 is 2.95 bits per heavy atom. The molecule has 0 bridgehead atoms. The first-order valence-electron chi connectivity index (χ1n) is 5.31. The van der Waals surface area contributed by atoms with Crippen molar-refractivity contribution in [1.29, 1.82) is 5.26 Å². The highest BCUT2D eigenvalue weighted by molar-refractivity contribution is 6.31. The number of carbonyl (C=O) groups excluding carboxylic acids is 1. The molecule has 1 aromatic carbocycles. The molecule has 6 nitrogen and oxygen atoms in total. The van der Waals surface area contributed by atoms with Gasteiger partial charge >= 0.3 is 0 Å². The highest BCUT2D eigenvalue weighted by Crippen LogP contribution is 2.20. The molecule has 0 saturated heterocycles. The number of nitriles is 1. The summed E-state index contributed by atoms with van der Waals surface area (Å²) in [5.41, 5.74) is 6.56. The molecule has 2 rings (SSSR count). The molecular weight excluding hydrogens is 266 g/mol. The Hall–Kier alpha value is -2.52. The third kappa shape index (κ3) is 2.51.